The summed E-state index contributed by atoms with van der Waals surface area (Å²) in [5.41, 5.74) is 1.00. The molecule has 1 aliphatic heterocycles. The number of aromatic nitrogens is 2. The molecule has 9 nitrogen and oxygen atoms in total. The number of nitrogens with zero attached hydrogens (tertiary/aromatic N) is 5. The fourth-order valence-corrected chi connectivity index (χ4v) is 2.92. The standard InChI is InChI=1S/C19H22N6O3/c1-11(25-17(27)12-8-6-7-9-13(12)18(25)28)16(26)21-14-10-20-19(24(4)5)22-15(14)23(2)3/h6-11H,1-5H3,(H,21,26). The SMILES string of the molecule is CC(C(=O)Nc1cnc(N(C)C)nc1N(C)C)N1C(=O)c2ccccc2C1=O. The molecule has 9 heteroatoms. The number of benzene rings is 1. The number of nitrogens with one attached hydrogen (secondary N) is 1. The van der Waals surface area contributed by atoms with Gasteiger partial charge in [0.1, 0.15) is 11.7 Å². The summed E-state index contributed by atoms with van der Waals surface area (Å²) in [6.07, 6.45) is 1.50. The number of carbonyl (C=O) groups excluding carboxylic acids is 3. The van der Waals surface area contributed by atoms with Crippen molar-refractivity contribution in [3.05, 3.63) is 41.6 Å². The zero-order chi connectivity index (χ0) is 20.6. The van der Waals surface area contributed by atoms with Crippen LogP contribution in [0.5, 0.6) is 0 Å². The van der Waals surface area contributed by atoms with E-state index < -0.39 is 23.8 Å². The van der Waals surface area contributed by atoms with E-state index in [0.29, 0.717) is 28.6 Å². The van der Waals surface area contributed by atoms with Crippen molar-refractivity contribution in [3.63, 3.8) is 0 Å². The third-order valence-corrected chi connectivity index (χ3v) is 4.43. The minimum atomic E-state index is -0.990. The summed E-state index contributed by atoms with van der Waals surface area (Å²) < 4.78 is 0. The molecule has 146 valence electrons. The number of imide groups is 1. The molecule has 0 aliphatic carbocycles. The van der Waals surface area contributed by atoms with Gasteiger partial charge in [0.2, 0.25) is 11.9 Å². The van der Waals surface area contributed by atoms with Crippen LogP contribution in [0.2, 0.25) is 0 Å². The maximum Gasteiger partial charge on any atom is 0.262 e. The second kappa shape index (κ2) is 7.26. The number of amides is 3. The number of carbonyl (C=O) groups is 3. The average molecular weight is 382 g/mol. The topological polar surface area (TPSA) is 98.7 Å². The van der Waals surface area contributed by atoms with E-state index in [1.807, 2.05) is 14.1 Å². The molecule has 28 heavy (non-hydrogen) atoms. The summed E-state index contributed by atoms with van der Waals surface area (Å²) in [5.74, 6) is -0.443. The summed E-state index contributed by atoms with van der Waals surface area (Å²) in [6.45, 7) is 1.52. The zero-order valence-electron chi connectivity index (χ0n) is 16.4. The van der Waals surface area contributed by atoms with Crippen molar-refractivity contribution in [1.82, 2.24) is 14.9 Å². The lowest BCUT2D eigenvalue weighted by Gasteiger charge is -2.23. The van der Waals surface area contributed by atoms with Crippen molar-refractivity contribution in [2.24, 2.45) is 0 Å². The van der Waals surface area contributed by atoms with Gasteiger partial charge in [0, 0.05) is 28.2 Å². The molecule has 0 saturated carbocycles. The van der Waals surface area contributed by atoms with Crippen LogP contribution in [0, 0.1) is 0 Å². The molecule has 0 bridgehead atoms. The molecule has 2 aromatic rings. The largest absolute Gasteiger partial charge is 0.361 e. The first-order chi connectivity index (χ1) is 13.2. The minimum Gasteiger partial charge on any atom is -0.361 e. The quantitative estimate of drug-likeness (QED) is 0.777. The van der Waals surface area contributed by atoms with Crippen molar-refractivity contribution >= 4 is 35.2 Å². The normalized spacial score (nSPS) is 14.0. The van der Waals surface area contributed by atoms with Gasteiger partial charge in [-0.2, -0.15) is 4.98 Å². The molecule has 0 spiro atoms. The first kappa shape index (κ1) is 19.3. The summed E-state index contributed by atoms with van der Waals surface area (Å²) in [7, 11) is 7.23. The van der Waals surface area contributed by atoms with Crippen LogP contribution in [0.1, 0.15) is 27.6 Å². The Morgan fingerprint density at radius 2 is 1.61 bits per heavy atom. The highest BCUT2D eigenvalue weighted by molar-refractivity contribution is 6.23. The number of anilines is 3. The van der Waals surface area contributed by atoms with Gasteiger partial charge < -0.3 is 15.1 Å². The number of hydrogen-bond donors (Lipinski definition) is 1. The van der Waals surface area contributed by atoms with E-state index >= 15 is 0 Å². The second-order valence-corrected chi connectivity index (χ2v) is 6.89. The Hall–Kier alpha value is -3.49. The fraction of sp³-hybridized carbons (Fsp3) is 0.316. The first-order valence-corrected chi connectivity index (χ1v) is 8.71. The monoisotopic (exact) mass is 382 g/mol. The number of rotatable bonds is 5. The Morgan fingerprint density at radius 3 is 2.11 bits per heavy atom. The molecular weight excluding hydrogens is 360 g/mol. The lowest BCUT2D eigenvalue weighted by molar-refractivity contribution is -0.119. The Labute approximate surface area is 163 Å². The molecular formula is C19H22N6O3. The van der Waals surface area contributed by atoms with Gasteiger partial charge in [-0.15, -0.1) is 0 Å². The summed E-state index contributed by atoms with van der Waals surface area (Å²) in [5, 5.41) is 2.73. The van der Waals surface area contributed by atoms with Gasteiger partial charge in [0.25, 0.3) is 11.8 Å². The third kappa shape index (κ3) is 3.26. The van der Waals surface area contributed by atoms with Gasteiger partial charge in [-0.3, -0.25) is 19.3 Å². The summed E-state index contributed by atoms with van der Waals surface area (Å²) in [6, 6.07) is 5.54. The Balaban J connectivity index is 1.84. The molecule has 3 rings (SSSR count). The Kier molecular flexibility index (Phi) is 5.00. The average Bonchev–Trinajstić information content (AvgIpc) is 2.92. The Bertz CT molecular complexity index is 921. The van der Waals surface area contributed by atoms with Gasteiger partial charge in [-0.05, 0) is 19.1 Å². The molecule has 1 aromatic carbocycles. The van der Waals surface area contributed by atoms with Gasteiger partial charge in [-0.1, -0.05) is 12.1 Å². The molecule has 0 saturated heterocycles. The molecule has 1 atom stereocenters. The second-order valence-electron chi connectivity index (χ2n) is 6.89. The molecule has 1 unspecified atom stereocenters. The fourth-order valence-electron chi connectivity index (χ4n) is 2.92. The lowest BCUT2D eigenvalue weighted by atomic mass is 10.1. The van der Waals surface area contributed by atoms with E-state index in [1.165, 1.54) is 13.1 Å². The highest BCUT2D eigenvalue weighted by Gasteiger charge is 2.40. The number of hydrogen-bond acceptors (Lipinski definition) is 7. The van der Waals surface area contributed by atoms with Crippen molar-refractivity contribution in [1.29, 1.82) is 0 Å². The molecule has 0 fully saturated rings. The molecule has 0 radical (unpaired) electrons. The van der Waals surface area contributed by atoms with Crippen LogP contribution >= 0.6 is 0 Å². The van der Waals surface area contributed by atoms with Crippen molar-refractivity contribution < 1.29 is 14.4 Å². The van der Waals surface area contributed by atoms with Crippen LogP contribution in [-0.2, 0) is 4.79 Å². The van der Waals surface area contributed by atoms with Crippen LogP contribution in [0.15, 0.2) is 30.5 Å². The van der Waals surface area contributed by atoms with E-state index in [2.05, 4.69) is 15.3 Å². The predicted molar refractivity (Wildman–Crippen MR) is 106 cm³/mol. The molecule has 3 amide bonds. The van der Waals surface area contributed by atoms with E-state index in [-0.39, 0.29) is 0 Å². The molecule has 2 heterocycles. The van der Waals surface area contributed by atoms with E-state index in [9.17, 15) is 14.4 Å². The third-order valence-electron chi connectivity index (χ3n) is 4.43. The molecule has 1 aromatic heterocycles. The maximum atomic E-state index is 12.8. The highest BCUT2D eigenvalue weighted by atomic mass is 16.2. The zero-order valence-corrected chi connectivity index (χ0v) is 16.4. The molecule has 1 N–H and O–H groups in total. The Morgan fingerprint density at radius 1 is 1.04 bits per heavy atom. The summed E-state index contributed by atoms with van der Waals surface area (Å²) >= 11 is 0. The van der Waals surface area contributed by atoms with Crippen LogP contribution in [0.25, 0.3) is 0 Å². The van der Waals surface area contributed by atoms with Crippen molar-refractivity contribution in [3.8, 4) is 0 Å². The van der Waals surface area contributed by atoms with E-state index in [0.717, 1.165) is 4.90 Å². The predicted octanol–water partition coefficient (Wildman–Crippen LogP) is 1.23. The van der Waals surface area contributed by atoms with Gasteiger partial charge in [0.15, 0.2) is 5.82 Å². The van der Waals surface area contributed by atoms with Gasteiger partial charge in [-0.25, -0.2) is 4.98 Å². The smallest absolute Gasteiger partial charge is 0.262 e. The lowest BCUT2D eigenvalue weighted by Crippen LogP contribution is -2.45. The van der Waals surface area contributed by atoms with Crippen molar-refractivity contribution in [2.75, 3.05) is 43.3 Å². The first-order valence-electron chi connectivity index (χ1n) is 8.71. The summed E-state index contributed by atoms with van der Waals surface area (Å²) in [4.78, 5) is 51.1. The van der Waals surface area contributed by atoms with Gasteiger partial charge >= 0.3 is 0 Å². The van der Waals surface area contributed by atoms with Crippen LogP contribution < -0.4 is 15.1 Å². The minimum absolute atomic E-state index is 0.305. The highest BCUT2D eigenvalue weighted by Crippen LogP contribution is 2.27. The number of fused-ring (bicyclic) bond motifs is 1. The van der Waals surface area contributed by atoms with Crippen LogP contribution in [-0.4, -0.2) is 66.8 Å². The van der Waals surface area contributed by atoms with Crippen molar-refractivity contribution in [2.45, 2.75) is 13.0 Å². The molecule has 1 aliphatic rings. The van der Waals surface area contributed by atoms with Crippen LogP contribution in [0.3, 0.4) is 0 Å². The van der Waals surface area contributed by atoms with E-state index in [4.69, 9.17) is 0 Å². The van der Waals surface area contributed by atoms with Crippen LogP contribution in [0.4, 0.5) is 17.5 Å². The maximum absolute atomic E-state index is 12.8. The van der Waals surface area contributed by atoms with Gasteiger partial charge in [0.05, 0.1) is 17.3 Å². The van der Waals surface area contributed by atoms with E-state index in [1.54, 1.807) is 48.2 Å².